The van der Waals surface area contributed by atoms with Gasteiger partial charge in [-0.15, -0.1) is 10.2 Å². The zero-order valence-corrected chi connectivity index (χ0v) is 20.0. The first-order chi connectivity index (χ1) is 16.8. The SMILES string of the molecule is CCc1ccc(-n2c(SCC(=O)Nc3cc(C(F)(F)F)ccc3Cl)nnc2-c2ccncc2)cc1. The van der Waals surface area contributed by atoms with E-state index in [0.717, 1.165) is 47.6 Å². The second kappa shape index (κ2) is 10.5. The van der Waals surface area contributed by atoms with Gasteiger partial charge in [-0.25, -0.2) is 0 Å². The maximum absolute atomic E-state index is 13.0. The van der Waals surface area contributed by atoms with E-state index >= 15 is 0 Å². The minimum absolute atomic E-state index is 0.00973. The fourth-order valence-corrected chi connectivity index (χ4v) is 4.20. The van der Waals surface area contributed by atoms with Crippen molar-refractivity contribution >= 4 is 35.0 Å². The molecule has 4 aromatic rings. The summed E-state index contributed by atoms with van der Waals surface area (Å²) in [5.74, 6) is -0.0771. The molecule has 0 saturated heterocycles. The van der Waals surface area contributed by atoms with E-state index in [9.17, 15) is 18.0 Å². The predicted molar refractivity (Wildman–Crippen MR) is 130 cm³/mol. The first kappa shape index (κ1) is 24.7. The molecule has 1 N–H and O–H groups in total. The summed E-state index contributed by atoms with van der Waals surface area (Å²) < 4.78 is 40.9. The lowest BCUT2D eigenvalue weighted by Crippen LogP contribution is -2.16. The number of alkyl halides is 3. The van der Waals surface area contributed by atoms with Crippen LogP contribution in [0.2, 0.25) is 5.02 Å². The summed E-state index contributed by atoms with van der Waals surface area (Å²) in [5.41, 5.74) is 1.75. The van der Waals surface area contributed by atoms with Gasteiger partial charge in [0, 0.05) is 23.6 Å². The van der Waals surface area contributed by atoms with Gasteiger partial charge in [0.1, 0.15) is 0 Å². The van der Waals surface area contributed by atoms with Crippen LogP contribution in [0.1, 0.15) is 18.1 Å². The molecule has 0 radical (unpaired) electrons. The number of amides is 1. The third-order valence-electron chi connectivity index (χ3n) is 5.07. The molecule has 2 aromatic heterocycles. The summed E-state index contributed by atoms with van der Waals surface area (Å²) in [6, 6.07) is 14.3. The molecule has 2 aromatic carbocycles. The van der Waals surface area contributed by atoms with Crippen molar-refractivity contribution in [3.8, 4) is 17.1 Å². The van der Waals surface area contributed by atoms with Crippen LogP contribution < -0.4 is 5.32 Å². The van der Waals surface area contributed by atoms with E-state index in [0.29, 0.717) is 11.0 Å². The summed E-state index contributed by atoms with van der Waals surface area (Å²) >= 11 is 7.09. The predicted octanol–water partition coefficient (Wildman–Crippen LogP) is 6.29. The lowest BCUT2D eigenvalue weighted by molar-refractivity contribution is -0.137. The normalized spacial score (nSPS) is 11.5. The Kier molecular flexibility index (Phi) is 7.42. The van der Waals surface area contributed by atoms with Crippen LogP contribution in [0, 0.1) is 0 Å². The first-order valence-corrected chi connectivity index (χ1v) is 11.9. The third kappa shape index (κ3) is 5.83. The van der Waals surface area contributed by atoms with Gasteiger partial charge in [0.05, 0.1) is 22.0 Å². The van der Waals surface area contributed by atoms with E-state index in [4.69, 9.17) is 11.6 Å². The van der Waals surface area contributed by atoms with Crippen LogP contribution in [0.3, 0.4) is 0 Å². The highest BCUT2D eigenvalue weighted by atomic mass is 35.5. The lowest BCUT2D eigenvalue weighted by Gasteiger charge is -2.12. The molecule has 0 aliphatic heterocycles. The van der Waals surface area contributed by atoms with E-state index in [1.165, 1.54) is 5.56 Å². The summed E-state index contributed by atoms with van der Waals surface area (Å²) in [5, 5.41) is 11.5. The average Bonchev–Trinajstić information content (AvgIpc) is 3.28. The van der Waals surface area contributed by atoms with Crippen molar-refractivity contribution in [1.82, 2.24) is 19.7 Å². The molecule has 0 spiro atoms. The van der Waals surface area contributed by atoms with Gasteiger partial charge in [-0.05, 0) is 54.4 Å². The van der Waals surface area contributed by atoms with Crippen LogP contribution in [0.15, 0.2) is 72.1 Å². The number of carbonyl (C=O) groups excluding carboxylic acids is 1. The van der Waals surface area contributed by atoms with E-state index in [-0.39, 0.29) is 16.5 Å². The summed E-state index contributed by atoms with van der Waals surface area (Å²) in [4.78, 5) is 16.6. The number of rotatable bonds is 7. The zero-order valence-electron chi connectivity index (χ0n) is 18.4. The molecule has 0 unspecified atom stereocenters. The third-order valence-corrected chi connectivity index (χ3v) is 6.33. The van der Waals surface area contributed by atoms with Gasteiger partial charge in [0.2, 0.25) is 5.91 Å². The minimum atomic E-state index is -4.55. The fraction of sp³-hybridized carbons (Fsp3) is 0.167. The second-order valence-corrected chi connectivity index (χ2v) is 8.78. The van der Waals surface area contributed by atoms with Crippen LogP contribution in [0.5, 0.6) is 0 Å². The Bertz CT molecular complexity index is 1330. The smallest absolute Gasteiger partial charge is 0.324 e. The quantitative estimate of drug-likeness (QED) is 0.291. The Hall–Kier alpha value is -3.37. The monoisotopic (exact) mass is 517 g/mol. The molecule has 0 bridgehead atoms. The van der Waals surface area contributed by atoms with Crippen LogP contribution in [0.25, 0.3) is 17.1 Å². The standard InChI is InChI=1S/C24H19ClF3N5OS/c1-2-15-3-6-18(7-4-15)33-22(16-9-11-29-12-10-16)31-32-23(33)35-14-21(34)30-20-13-17(24(26,27)28)5-8-19(20)25/h3-13H,2,14H2,1H3,(H,30,34). The van der Waals surface area contributed by atoms with Crippen LogP contribution in [-0.2, 0) is 17.4 Å². The van der Waals surface area contributed by atoms with Gasteiger partial charge in [-0.2, -0.15) is 13.2 Å². The van der Waals surface area contributed by atoms with Gasteiger partial charge in [-0.3, -0.25) is 14.3 Å². The number of nitrogens with zero attached hydrogens (tertiary/aromatic N) is 4. The molecule has 0 aliphatic rings. The lowest BCUT2D eigenvalue weighted by atomic mass is 10.1. The Balaban J connectivity index is 1.58. The van der Waals surface area contributed by atoms with Gasteiger partial charge in [0.15, 0.2) is 11.0 Å². The number of halogens is 4. The van der Waals surface area contributed by atoms with E-state index < -0.39 is 17.6 Å². The Morgan fingerprint density at radius 3 is 2.43 bits per heavy atom. The molecule has 1 amide bonds. The number of hydrogen-bond acceptors (Lipinski definition) is 5. The number of thioether (sulfide) groups is 1. The van der Waals surface area contributed by atoms with Gasteiger partial charge >= 0.3 is 6.18 Å². The van der Waals surface area contributed by atoms with Crippen molar-refractivity contribution in [2.75, 3.05) is 11.1 Å². The maximum Gasteiger partial charge on any atom is 0.416 e. The van der Waals surface area contributed by atoms with Crippen LogP contribution in [-0.4, -0.2) is 31.4 Å². The number of aromatic nitrogens is 4. The Morgan fingerprint density at radius 1 is 1.06 bits per heavy atom. The Morgan fingerprint density at radius 2 is 1.77 bits per heavy atom. The van der Waals surface area contributed by atoms with Crippen molar-refractivity contribution in [2.45, 2.75) is 24.7 Å². The molecule has 180 valence electrons. The molecule has 0 saturated carbocycles. The summed E-state index contributed by atoms with van der Waals surface area (Å²) in [7, 11) is 0. The molecule has 0 fully saturated rings. The fourth-order valence-electron chi connectivity index (χ4n) is 3.28. The van der Waals surface area contributed by atoms with E-state index in [2.05, 4.69) is 27.4 Å². The highest BCUT2D eigenvalue weighted by Gasteiger charge is 2.31. The second-order valence-electron chi connectivity index (χ2n) is 7.43. The largest absolute Gasteiger partial charge is 0.416 e. The highest BCUT2D eigenvalue weighted by molar-refractivity contribution is 7.99. The number of carbonyl (C=O) groups is 1. The average molecular weight is 518 g/mol. The van der Waals surface area contributed by atoms with Crippen molar-refractivity contribution in [2.24, 2.45) is 0 Å². The van der Waals surface area contributed by atoms with Crippen molar-refractivity contribution in [3.63, 3.8) is 0 Å². The van der Waals surface area contributed by atoms with Gasteiger partial charge in [-0.1, -0.05) is 42.4 Å². The molecule has 6 nitrogen and oxygen atoms in total. The summed E-state index contributed by atoms with van der Waals surface area (Å²) in [6.07, 6.45) is -0.368. The van der Waals surface area contributed by atoms with E-state index in [1.54, 1.807) is 24.5 Å². The van der Waals surface area contributed by atoms with Crippen LogP contribution in [0.4, 0.5) is 18.9 Å². The first-order valence-electron chi connectivity index (χ1n) is 10.5. The van der Waals surface area contributed by atoms with Gasteiger partial charge < -0.3 is 5.32 Å². The molecule has 11 heteroatoms. The molecular formula is C24H19ClF3N5OS. The van der Waals surface area contributed by atoms with Crippen molar-refractivity contribution in [1.29, 1.82) is 0 Å². The molecule has 2 heterocycles. The molecule has 0 atom stereocenters. The molecule has 4 rings (SSSR count). The number of pyridine rings is 1. The maximum atomic E-state index is 13.0. The zero-order chi connectivity index (χ0) is 25.0. The summed E-state index contributed by atoms with van der Waals surface area (Å²) in [6.45, 7) is 2.06. The number of nitrogens with one attached hydrogen (secondary N) is 1. The van der Waals surface area contributed by atoms with Crippen LogP contribution >= 0.6 is 23.4 Å². The Labute approximate surface area is 208 Å². The number of aryl methyl sites for hydroxylation is 1. The van der Waals surface area contributed by atoms with Crippen molar-refractivity contribution < 1.29 is 18.0 Å². The highest BCUT2D eigenvalue weighted by Crippen LogP contribution is 2.34. The van der Waals surface area contributed by atoms with Gasteiger partial charge in [0.25, 0.3) is 0 Å². The topological polar surface area (TPSA) is 72.7 Å². The molecular weight excluding hydrogens is 499 g/mol. The molecule has 35 heavy (non-hydrogen) atoms. The van der Waals surface area contributed by atoms with E-state index in [1.807, 2.05) is 28.8 Å². The van der Waals surface area contributed by atoms with Crippen molar-refractivity contribution in [3.05, 3.63) is 83.1 Å². The number of hydrogen-bond donors (Lipinski definition) is 1. The number of benzene rings is 2. The molecule has 0 aliphatic carbocycles. The minimum Gasteiger partial charge on any atom is -0.324 e. The number of anilines is 1.